The normalized spacial score (nSPS) is 35.2. The number of aliphatic hydroxyl groups is 1. The minimum Gasteiger partial charge on any atom is -0.504 e. The van der Waals surface area contributed by atoms with Crippen molar-refractivity contribution in [1.82, 2.24) is 4.90 Å². The van der Waals surface area contributed by atoms with Gasteiger partial charge in [-0.05, 0) is 56.3 Å². The van der Waals surface area contributed by atoms with Crippen LogP contribution in [0.4, 0.5) is 0 Å². The lowest BCUT2D eigenvalue weighted by molar-refractivity contribution is -0.0599. The van der Waals surface area contributed by atoms with Crippen molar-refractivity contribution in [3.63, 3.8) is 0 Å². The zero-order valence-electron chi connectivity index (χ0n) is 14.7. The molecule has 5 nitrogen and oxygen atoms in total. The number of phenolic OH excluding ortho intramolecular Hbond substituents is 1. The maximum Gasteiger partial charge on any atom is 0.161 e. The predicted molar refractivity (Wildman–Crippen MR) is 90.7 cm³/mol. The summed E-state index contributed by atoms with van der Waals surface area (Å²) in [4.78, 5) is 2.40. The Morgan fingerprint density at radius 2 is 2.08 bits per heavy atom. The summed E-state index contributed by atoms with van der Waals surface area (Å²) in [5.41, 5.74) is 3.53. The first-order valence-electron chi connectivity index (χ1n) is 8.85. The van der Waals surface area contributed by atoms with Crippen molar-refractivity contribution in [2.24, 2.45) is 0 Å². The molecule has 4 rings (SSSR count). The van der Waals surface area contributed by atoms with E-state index in [9.17, 15) is 10.2 Å². The highest BCUT2D eigenvalue weighted by Crippen LogP contribution is 2.60. The average molecular weight is 333 g/mol. The second-order valence-corrected chi connectivity index (χ2v) is 7.69. The monoisotopic (exact) mass is 333 g/mol. The lowest BCUT2D eigenvalue weighted by atomic mass is 9.67. The minimum atomic E-state index is -0.418. The first-order valence-corrected chi connectivity index (χ1v) is 8.85. The summed E-state index contributed by atoms with van der Waals surface area (Å²) in [5.74, 6) is 0.869. The van der Waals surface area contributed by atoms with Crippen LogP contribution in [0.3, 0.4) is 0 Å². The molecule has 24 heavy (non-hydrogen) atoms. The van der Waals surface area contributed by atoms with Crippen LogP contribution < -0.4 is 4.74 Å². The number of hydrogen-bond acceptors (Lipinski definition) is 5. The van der Waals surface area contributed by atoms with E-state index in [0.29, 0.717) is 24.0 Å². The molecule has 0 aromatic heterocycles. The molecule has 1 fully saturated rings. The van der Waals surface area contributed by atoms with Gasteiger partial charge in [-0.3, -0.25) is 4.90 Å². The summed E-state index contributed by atoms with van der Waals surface area (Å²) in [6, 6.07) is 2.35. The van der Waals surface area contributed by atoms with Crippen molar-refractivity contribution in [2.45, 2.75) is 55.8 Å². The number of ether oxygens (including phenoxy) is 2. The minimum absolute atomic E-state index is 0.133. The van der Waals surface area contributed by atoms with Gasteiger partial charge in [-0.15, -0.1) is 0 Å². The molecule has 1 aliphatic heterocycles. The van der Waals surface area contributed by atoms with Crippen LogP contribution in [0.2, 0.25) is 0 Å². The van der Waals surface area contributed by atoms with Gasteiger partial charge in [0.1, 0.15) is 0 Å². The number of aromatic hydroxyl groups is 1. The summed E-state index contributed by atoms with van der Waals surface area (Å²) in [5, 5.41) is 21.2. The average Bonchev–Trinajstić information content (AvgIpc) is 2.92. The highest BCUT2D eigenvalue weighted by Gasteiger charge is 2.53. The molecule has 1 saturated carbocycles. The third-order valence-corrected chi connectivity index (χ3v) is 6.57. The second kappa shape index (κ2) is 5.61. The Morgan fingerprint density at radius 1 is 1.29 bits per heavy atom. The van der Waals surface area contributed by atoms with Gasteiger partial charge in [0.05, 0.1) is 19.3 Å². The van der Waals surface area contributed by atoms with Gasteiger partial charge in [-0.25, -0.2) is 0 Å². The summed E-state index contributed by atoms with van der Waals surface area (Å²) >= 11 is 0. The maximum absolute atomic E-state index is 11.0. The summed E-state index contributed by atoms with van der Waals surface area (Å²) in [7, 11) is 5.45. The number of benzene rings is 1. The fraction of sp³-hybridized carbons (Fsp3) is 0.684. The van der Waals surface area contributed by atoms with E-state index in [0.717, 1.165) is 37.8 Å². The zero-order valence-corrected chi connectivity index (χ0v) is 14.7. The molecule has 1 aromatic rings. The topological polar surface area (TPSA) is 62.2 Å². The summed E-state index contributed by atoms with van der Waals surface area (Å²) in [6.45, 7) is 1.03. The third kappa shape index (κ3) is 2.11. The first kappa shape index (κ1) is 16.2. The van der Waals surface area contributed by atoms with Crippen LogP contribution in [0.25, 0.3) is 0 Å². The highest BCUT2D eigenvalue weighted by molar-refractivity contribution is 5.61. The predicted octanol–water partition coefficient (Wildman–Crippen LogP) is 2.13. The van der Waals surface area contributed by atoms with Gasteiger partial charge in [0.15, 0.2) is 11.5 Å². The fourth-order valence-corrected chi connectivity index (χ4v) is 5.28. The number of methoxy groups -OCH3 is 2. The Morgan fingerprint density at radius 3 is 2.79 bits per heavy atom. The molecule has 0 amide bonds. The smallest absolute Gasteiger partial charge is 0.161 e. The van der Waals surface area contributed by atoms with E-state index in [4.69, 9.17) is 9.47 Å². The van der Waals surface area contributed by atoms with Gasteiger partial charge in [-0.2, -0.15) is 0 Å². The SMILES string of the molecule is COc1cc2c3c(c1O)[C@]1(CC[C@@H](O)[C@H](OC)C1)C[C@@H]3N(C)CC2. The van der Waals surface area contributed by atoms with Crippen molar-refractivity contribution in [2.75, 3.05) is 27.8 Å². The van der Waals surface area contributed by atoms with Crippen molar-refractivity contribution in [1.29, 1.82) is 0 Å². The Bertz CT molecular complexity index is 661. The first-order chi connectivity index (χ1) is 11.5. The van der Waals surface area contributed by atoms with E-state index in [1.807, 2.05) is 6.07 Å². The van der Waals surface area contributed by atoms with Crippen molar-refractivity contribution < 1.29 is 19.7 Å². The molecule has 2 aliphatic carbocycles. The molecular formula is C19H27NO4. The molecule has 132 valence electrons. The van der Waals surface area contributed by atoms with Crippen LogP contribution in [0.15, 0.2) is 6.07 Å². The Kier molecular flexibility index (Phi) is 3.79. The molecule has 0 unspecified atom stereocenters. The van der Waals surface area contributed by atoms with Gasteiger partial charge >= 0.3 is 0 Å². The highest BCUT2D eigenvalue weighted by atomic mass is 16.5. The number of phenols is 1. The number of hydrogen-bond donors (Lipinski definition) is 2. The Labute approximate surface area is 143 Å². The van der Waals surface area contributed by atoms with E-state index in [2.05, 4.69) is 11.9 Å². The molecule has 1 heterocycles. The largest absolute Gasteiger partial charge is 0.504 e. The maximum atomic E-state index is 11.0. The van der Waals surface area contributed by atoms with Crippen LogP contribution in [0, 0.1) is 0 Å². The second-order valence-electron chi connectivity index (χ2n) is 7.69. The lowest BCUT2D eigenvalue weighted by Crippen LogP contribution is -2.43. The number of nitrogens with zero attached hydrogens (tertiary/aromatic N) is 1. The molecular weight excluding hydrogens is 306 g/mol. The number of fused-ring (bicyclic) bond motifs is 1. The Hall–Kier alpha value is -1.30. The van der Waals surface area contributed by atoms with Crippen LogP contribution in [0.5, 0.6) is 11.5 Å². The van der Waals surface area contributed by atoms with Crippen molar-refractivity contribution >= 4 is 0 Å². The van der Waals surface area contributed by atoms with Gasteiger partial charge < -0.3 is 19.7 Å². The number of aliphatic hydroxyl groups excluding tert-OH is 1. The summed E-state index contributed by atoms with van der Waals surface area (Å²) < 4.78 is 11.0. The quantitative estimate of drug-likeness (QED) is 0.868. The van der Waals surface area contributed by atoms with E-state index in [-0.39, 0.29) is 11.5 Å². The molecule has 3 aliphatic rings. The zero-order chi connectivity index (χ0) is 17.1. The third-order valence-electron chi connectivity index (χ3n) is 6.57. The van der Waals surface area contributed by atoms with E-state index >= 15 is 0 Å². The molecule has 1 spiro atoms. The van der Waals surface area contributed by atoms with E-state index in [1.54, 1.807) is 14.2 Å². The van der Waals surface area contributed by atoms with Crippen LogP contribution >= 0.6 is 0 Å². The summed E-state index contributed by atoms with van der Waals surface area (Å²) in [6.07, 6.45) is 3.72. The van der Waals surface area contributed by atoms with Gasteiger partial charge in [0.25, 0.3) is 0 Å². The molecule has 0 bridgehead atoms. The van der Waals surface area contributed by atoms with Gasteiger partial charge in [-0.1, -0.05) is 0 Å². The Balaban J connectivity index is 1.88. The van der Waals surface area contributed by atoms with Crippen molar-refractivity contribution in [3.8, 4) is 11.5 Å². The van der Waals surface area contributed by atoms with Gasteiger partial charge in [0, 0.05) is 30.7 Å². The molecule has 0 radical (unpaired) electrons. The fourth-order valence-electron chi connectivity index (χ4n) is 5.28. The molecule has 4 atom stereocenters. The van der Waals surface area contributed by atoms with E-state index < -0.39 is 6.10 Å². The van der Waals surface area contributed by atoms with Crippen molar-refractivity contribution in [3.05, 3.63) is 22.8 Å². The molecule has 0 saturated heterocycles. The van der Waals surface area contributed by atoms with E-state index in [1.165, 1.54) is 11.1 Å². The molecule has 2 N–H and O–H groups in total. The van der Waals surface area contributed by atoms with Gasteiger partial charge in [0.2, 0.25) is 0 Å². The lowest BCUT2D eigenvalue weighted by Gasteiger charge is -2.41. The van der Waals surface area contributed by atoms with Crippen LogP contribution in [-0.2, 0) is 16.6 Å². The standard InChI is InChI=1S/C19H27NO4/c1-20-7-5-11-8-14(23-2)18(22)17-16(11)12(20)9-19(17)6-4-13(21)15(10-19)24-3/h8,12-13,15,21-22H,4-7,9-10H2,1-3H3/t12-,13+,15+,19+/m0/s1. The molecule has 1 aromatic carbocycles. The number of likely N-dealkylation sites (N-methyl/N-ethyl adjacent to an activating group) is 1. The van der Waals surface area contributed by atoms with Crippen LogP contribution in [0.1, 0.15) is 48.4 Å². The van der Waals surface area contributed by atoms with Crippen LogP contribution in [-0.4, -0.2) is 55.1 Å². The number of rotatable bonds is 2. The molecule has 5 heteroatoms.